The second kappa shape index (κ2) is 7.19. The molecule has 2 aromatic rings. The summed E-state index contributed by atoms with van der Waals surface area (Å²) in [7, 11) is 1.64. The van der Waals surface area contributed by atoms with Crippen LogP contribution in [0.3, 0.4) is 0 Å². The van der Waals surface area contributed by atoms with Crippen LogP contribution < -0.4 is 15.4 Å². The number of amides is 1. The van der Waals surface area contributed by atoms with Crippen LogP contribution in [0.1, 0.15) is 6.92 Å². The zero-order valence-corrected chi connectivity index (χ0v) is 12.1. The Morgan fingerprint density at radius 2 is 1.48 bits per heavy atom. The van der Waals surface area contributed by atoms with Crippen LogP contribution in [-0.4, -0.2) is 19.8 Å². The average Bonchev–Trinajstić information content (AvgIpc) is 2.50. The molecule has 0 fully saturated rings. The Hall–Kier alpha value is -2.69. The molecule has 0 atom stereocenters. The van der Waals surface area contributed by atoms with Crippen molar-refractivity contribution in [2.24, 2.45) is 0 Å². The quantitative estimate of drug-likeness (QED) is 0.872. The van der Waals surface area contributed by atoms with Crippen molar-refractivity contribution in [2.45, 2.75) is 6.92 Å². The molecule has 0 aliphatic rings. The molecule has 0 aliphatic heterocycles. The molecule has 0 saturated heterocycles. The molecular formula is C16H18N2O3. The standard InChI is InChI=1S/C16H18N2O3/c1-3-21-16(19)18-14-6-4-12(5-7-14)17-13-8-10-15(20-2)11-9-13/h4-11,17H,3H2,1-2H3,(H,18,19). The summed E-state index contributed by atoms with van der Waals surface area (Å²) in [6.07, 6.45) is -0.451. The number of benzene rings is 2. The van der Waals surface area contributed by atoms with Crippen LogP contribution in [-0.2, 0) is 4.74 Å². The zero-order valence-electron chi connectivity index (χ0n) is 12.1. The molecule has 2 rings (SSSR count). The summed E-state index contributed by atoms with van der Waals surface area (Å²) >= 11 is 0. The van der Waals surface area contributed by atoms with Crippen LogP contribution in [0, 0.1) is 0 Å². The lowest BCUT2D eigenvalue weighted by Crippen LogP contribution is -2.13. The highest BCUT2D eigenvalue weighted by Crippen LogP contribution is 2.21. The van der Waals surface area contributed by atoms with Crippen LogP contribution in [0.25, 0.3) is 0 Å². The normalized spacial score (nSPS) is 9.81. The SMILES string of the molecule is CCOC(=O)Nc1ccc(Nc2ccc(OC)cc2)cc1. The largest absolute Gasteiger partial charge is 0.497 e. The minimum absolute atomic E-state index is 0.350. The van der Waals surface area contributed by atoms with Gasteiger partial charge in [0.25, 0.3) is 0 Å². The molecule has 2 aromatic carbocycles. The Balaban J connectivity index is 1.96. The number of rotatable bonds is 5. The van der Waals surface area contributed by atoms with Gasteiger partial charge in [0.05, 0.1) is 13.7 Å². The monoisotopic (exact) mass is 286 g/mol. The number of anilines is 3. The Morgan fingerprint density at radius 3 is 2.00 bits per heavy atom. The Kier molecular flexibility index (Phi) is 5.04. The molecule has 0 aliphatic carbocycles. The van der Waals surface area contributed by atoms with Crippen molar-refractivity contribution in [1.82, 2.24) is 0 Å². The number of carbonyl (C=O) groups is 1. The second-order valence-electron chi connectivity index (χ2n) is 4.28. The van der Waals surface area contributed by atoms with E-state index in [0.29, 0.717) is 12.3 Å². The summed E-state index contributed by atoms with van der Waals surface area (Å²) in [5.74, 6) is 0.814. The summed E-state index contributed by atoms with van der Waals surface area (Å²) < 4.78 is 9.93. The molecule has 0 unspecified atom stereocenters. The van der Waals surface area contributed by atoms with Gasteiger partial charge in [-0.15, -0.1) is 0 Å². The minimum atomic E-state index is -0.451. The highest BCUT2D eigenvalue weighted by atomic mass is 16.5. The third-order valence-corrected chi connectivity index (χ3v) is 2.79. The summed E-state index contributed by atoms with van der Waals surface area (Å²) in [4.78, 5) is 11.3. The van der Waals surface area contributed by atoms with Gasteiger partial charge in [-0.3, -0.25) is 5.32 Å². The fourth-order valence-corrected chi connectivity index (χ4v) is 1.76. The lowest BCUT2D eigenvalue weighted by molar-refractivity contribution is 0.168. The summed E-state index contributed by atoms with van der Waals surface area (Å²) in [6.45, 7) is 2.12. The van der Waals surface area contributed by atoms with Crippen LogP contribution in [0.5, 0.6) is 5.75 Å². The van der Waals surface area contributed by atoms with E-state index in [2.05, 4.69) is 10.6 Å². The third-order valence-electron chi connectivity index (χ3n) is 2.79. The van der Waals surface area contributed by atoms with Gasteiger partial charge < -0.3 is 14.8 Å². The molecule has 5 nitrogen and oxygen atoms in total. The van der Waals surface area contributed by atoms with Gasteiger partial charge in [-0.25, -0.2) is 4.79 Å². The zero-order chi connectivity index (χ0) is 15.1. The van der Waals surface area contributed by atoms with Gasteiger partial charge >= 0.3 is 6.09 Å². The van der Waals surface area contributed by atoms with Crippen molar-refractivity contribution in [3.05, 3.63) is 48.5 Å². The van der Waals surface area contributed by atoms with Crippen LogP contribution in [0.2, 0.25) is 0 Å². The Labute approximate surface area is 123 Å². The first-order valence-corrected chi connectivity index (χ1v) is 6.66. The van der Waals surface area contributed by atoms with Gasteiger partial charge in [-0.05, 0) is 55.5 Å². The number of nitrogens with one attached hydrogen (secondary N) is 2. The number of methoxy groups -OCH3 is 1. The summed E-state index contributed by atoms with van der Waals surface area (Å²) in [5.41, 5.74) is 2.57. The van der Waals surface area contributed by atoms with E-state index < -0.39 is 6.09 Å². The highest BCUT2D eigenvalue weighted by Gasteiger charge is 2.02. The van der Waals surface area contributed by atoms with E-state index in [4.69, 9.17) is 9.47 Å². The van der Waals surface area contributed by atoms with Gasteiger partial charge in [-0.1, -0.05) is 0 Å². The molecule has 21 heavy (non-hydrogen) atoms. The van der Waals surface area contributed by atoms with Crippen LogP contribution >= 0.6 is 0 Å². The van der Waals surface area contributed by atoms with Crippen LogP contribution in [0.15, 0.2) is 48.5 Å². The van der Waals surface area contributed by atoms with Crippen molar-refractivity contribution < 1.29 is 14.3 Å². The van der Waals surface area contributed by atoms with Crippen molar-refractivity contribution in [1.29, 1.82) is 0 Å². The molecule has 1 amide bonds. The van der Waals surface area contributed by atoms with E-state index in [1.807, 2.05) is 48.5 Å². The van der Waals surface area contributed by atoms with Crippen LogP contribution in [0.4, 0.5) is 21.9 Å². The lowest BCUT2D eigenvalue weighted by Gasteiger charge is -2.09. The maximum absolute atomic E-state index is 11.3. The average molecular weight is 286 g/mol. The lowest BCUT2D eigenvalue weighted by atomic mass is 10.2. The van der Waals surface area contributed by atoms with Gasteiger partial charge in [0.2, 0.25) is 0 Å². The molecule has 0 saturated carbocycles. The van der Waals surface area contributed by atoms with Crippen molar-refractivity contribution in [2.75, 3.05) is 24.4 Å². The van der Waals surface area contributed by atoms with E-state index in [1.165, 1.54) is 0 Å². The molecule has 0 spiro atoms. The van der Waals surface area contributed by atoms with Gasteiger partial charge in [0.1, 0.15) is 5.75 Å². The maximum Gasteiger partial charge on any atom is 0.411 e. The highest BCUT2D eigenvalue weighted by molar-refractivity contribution is 5.84. The first-order chi connectivity index (χ1) is 10.2. The van der Waals surface area contributed by atoms with Gasteiger partial charge in [0.15, 0.2) is 0 Å². The minimum Gasteiger partial charge on any atom is -0.497 e. The van der Waals surface area contributed by atoms with Crippen molar-refractivity contribution >= 4 is 23.2 Å². The maximum atomic E-state index is 11.3. The fourth-order valence-electron chi connectivity index (χ4n) is 1.76. The first-order valence-electron chi connectivity index (χ1n) is 6.66. The number of hydrogen-bond acceptors (Lipinski definition) is 4. The third kappa shape index (κ3) is 4.42. The molecule has 0 radical (unpaired) electrons. The second-order valence-corrected chi connectivity index (χ2v) is 4.28. The summed E-state index contributed by atoms with van der Waals surface area (Å²) in [6, 6.07) is 15.0. The van der Waals surface area contributed by atoms with Gasteiger partial charge in [0, 0.05) is 17.1 Å². The van der Waals surface area contributed by atoms with E-state index in [0.717, 1.165) is 17.1 Å². The molecule has 0 heterocycles. The van der Waals surface area contributed by atoms with E-state index in [-0.39, 0.29) is 0 Å². The predicted molar refractivity (Wildman–Crippen MR) is 83.4 cm³/mol. The smallest absolute Gasteiger partial charge is 0.411 e. The molecule has 2 N–H and O–H groups in total. The fraction of sp³-hybridized carbons (Fsp3) is 0.188. The van der Waals surface area contributed by atoms with E-state index >= 15 is 0 Å². The summed E-state index contributed by atoms with van der Waals surface area (Å²) in [5, 5.41) is 5.90. The predicted octanol–water partition coefficient (Wildman–Crippen LogP) is 4.01. The van der Waals surface area contributed by atoms with E-state index in [1.54, 1.807) is 14.0 Å². The number of ether oxygens (including phenoxy) is 2. The number of hydrogen-bond donors (Lipinski definition) is 2. The van der Waals surface area contributed by atoms with Gasteiger partial charge in [-0.2, -0.15) is 0 Å². The molecular weight excluding hydrogens is 268 g/mol. The first kappa shape index (κ1) is 14.7. The van der Waals surface area contributed by atoms with Crippen molar-refractivity contribution in [3.8, 4) is 5.75 Å². The van der Waals surface area contributed by atoms with Crippen molar-refractivity contribution in [3.63, 3.8) is 0 Å². The molecule has 110 valence electrons. The Morgan fingerprint density at radius 1 is 0.952 bits per heavy atom. The van der Waals surface area contributed by atoms with E-state index in [9.17, 15) is 4.79 Å². The number of carbonyl (C=O) groups excluding carboxylic acids is 1. The Bertz CT molecular complexity index is 579. The molecule has 5 heteroatoms. The topological polar surface area (TPSA) is 59.6 Å². The molecule has 0 aromatic heterocycles. The molecule has 0 bridgehead atoms.